The minimum Gasteiger partial charge on any atom is -0.378 e. The van der Waals surface area contributed by atoms with Crippen LogP contribution in [-0.4, -0.2) is 28.2 Å². The average molecular weight is 427 g/mol. The molecule has 6 nitrogen and oxygen atoms in total. The molecule has 0 aliphatic carbocycles. The molecule has 1 aliphatic rings. The van der Waals surface area contributed by atoms with E-state index in [1.165, 1.54) is 12.1 Å². The van der Waals surface area contributed by atoms with Crippen LogP contribution in [0.5, 0.6) is 0 Å². The van der Waals surface area contributed by atoms with Crippen LogP contribution in [0.3, 0.4) is 0 Å². The molecule has 2 heterocycles. The number of primary sulfonamides is 1. The highest BCUT2D eigenvalue weighted by molar-refractivity contribution is 7.89. The van der Waals surface area contributed by atoms with Crippen molar-refractivity contribution in [3.63, 3.8) is 0 Å². The van der Waals surface area contributed by atoms with Crippen LogP contribution in [0.1, 0.15) is 22.9 Å². The van der Waals surface area contributed by atoms with Gasteiger partial charge in [-0.25, -0.2) is 13.6 Å². The molecule has 1 aliphatic heterocycles. The zero-order valence-electron chi connectivity index (χ0n) is 16.2. The molecular weight excluding hydrogens is 404 g/mol. The smallest absolute Gasteiger partial charge is 0.238 e. The monoisotopic (exact) mass is 426 g/mol. The van der Waals surface area contributed by atoms with Gasteiger partial charge in [0.1, 0.15) is 0 Å². The number of hydrogen-bond acceptors (Lipinski definition) is 6. The van der Waals surface area contributed by atoms with Crippen LogP contribution in [0, 0.1) is 0 Å². The Kier molecular flexibility index (Phi) is 5.16. The van der Waals surface area contributed by atoms with Gasteiger partial charge in [-0.2, -0.15) is 5.10 Å². The maximum atomic E-state index is 11.6. The third-order valence-electron chi connectivity index (χ3n) is 4.94. The van der Waals surface area contributed by atoms with Crippen LogP contribution >= 0.6 is 11.3 Å². The number of sulfonamides is 1. The lowest BCUT2D eigenvalue weighted by molar-refractivity contribution is 0.597. The lowest BCUT2D eigenvalue weighted by atomic mass is 10.0. The maximum absolute atomic E-state index is 11.6. The van der Waals surface area contributed by atoms with E-state index in [1.807, 2.05) is 30.6 Å². The fraction of sp³-hybridized carbons (Fsp3) is 0.190. The Morgan fingerprint density at radius 1 is 1.07 bits per heavy atom. The van der Waals surface area contributed by atoms with Gasteiger partial charge in [0, 0.05) is 26.2 Å². The van der Waals surface area contributed by atoms with Crippen LogP contribution < -0.4 is 15.0 Å². The molecule has 0 radical (unpaired) electrons. The number of rotatable bonds is 5. The predicted molar refractivity (Wildman–Crippen MR) is 119 cm³/mol. The number of benzene rings is 2. The minimum absolute atomic E-state index is 0.0312. The minimum atomic E-state index is -3.73. The predicted octanol–water partition coefficient (Wildman–Crippen LogP) is 3.82. The van der Waals surface area contributed by atoms with Gasteiger partial charge >= 0.3 is 0 Å². The molecule has 0 saturated heterocycles. The van der Waals surface area contributed by atoms with Crippen LogP contribution in [0.25, 0.3) is 0 Å². The van der Waals surface area contributed by atoms with E-state index >= 15 is 0 Å². The fourth-order valence-electron chi connectivity index (χ4n) is 3.38. The molecule has 1 unspecified atom stereocenters. The topological polar surface area (TPSA) is 79.0 Å². The van der Waals surface area contributed by atoms with E-state index in [1.54, 1.807) is 23.5 Å². The molecule has 0 bridgehead atoms. The van der Waals surface area contributed by atoms with Gasteiger partial charge < -0.3 is 4.90 Å². The first-order valence-electron chi connectivity index (χ1n) is 9.13. The molecule has 8 heteroatoms. The van der Waals surface area contributed by atoms with Gasteiger partial charge in [-0.3, -0.25) is 5.01 Å². The molecule has 0 amide bonds. The zero-order valence-corrected chi connectivity index (χ0v) is 17.8. The molecule has 1 aromatic heterocycles. The van der Waals surface area contributed by atoms with Crippen molar-refractivity contribution in [2.75, 3.05) is 24.0 Å². The number of thiophene rings is 1. The molecule has 29 heavy (non-hydrogen) atoms. The van der Waals surface area contributed by atoms with Crippen molar-refractivity contribution in [3.8, 4) is 0 Å². The molecule has 2 aromatic carbocycles. The molecule has 150 valence electrons. The third kappa shape index (κ3) is 4.05. The Morgan fingerprint density at radius 3 is 2.31 bits per heavy atom. The molecule has 0 fully saturated rings. The summed E-state index contributed by atoms with van der Waals surface area (Å²) in [5.74, 6) is 0. The number of anilines is 2. The normalized spacial score (nSPS) is 16.7. The summed E-state index contributed by atoms with van der Waals surface area (Å²) in [6.45, 7) is 0. The van der Waals surface area contributed by atoms with Crippen molar-refractivity contribution in [2.45, 2.75) is 17.4 Å². The van der Waals surface area contributed by atoms with Gasteiger partial charge in [-0.1, -0.05) is 18.2 Å². The van der Waals surface area contributed by atoms with Gasteiger partial charge in [0.15, 0.2) is 0 Å². The van der Waals surface area contributed by atoms with E-state index in [2.05, 4.69) is 35.2 Å². The SMILES string of the molecule is CN(C)c1ccc(C2CC(c3cccs3)=NN2c2ccc(S(N)(=O)=O)cc2)cc1. The lowest BCUT2D eigenvalue weighted by Crippen LogP contribution is -2.19. The van der Waals surface area contributed by atoms with Crippen LogP contribution in [0.2, 0.25) is 0 Å². The first kappa shape index (κ1) is 19.6. The molecule has 2 N–H and O–H groups in total. The second-order valence-corrected chi connectivity index (χ2v) is 9.62. The molecule has 4 rings (SSSR count). The molecule has 1 atom stereocenters. The second kappa shape index (κ2) is 7.62. The van der Waals surface area contributed by atoms with E-state index in [9.17, 15) is 8.42 Å². The van der Waals surface area contributed by atoms with Crippen LogP contribution in [-0.2, 0) is 10.0 Å². The van der Waals surface area contributed by atoms with Crippen molar-refractivity contribution in [2.24, 2.45) is 10.2 Å². The van der Waals surface area contributed by atoms with E-state index in [0.717, 1.165) is 33.9 Å². The van der Waals surface area contributed by atoms with Crippen molar-refractivity contribution in [3.05, 3.63) is 76.5 Å². The largest absolute Gasteiger partial charge is 0.378 e. The highest BCUT2D eigenvalue weighted by atomic mass is 32.2. The molecule has 3 aromatic rings. The summed E-state index contributed by atoms with van der Waals surface area (Å²) in [6.07, 6.45) is 0.777. The number of nitrogens with two attached hydrogens (primary N) is 1. The van der Waals surface area contributed by atoms with Gasteiger partial charge in [-0.15, -0.1) is 11.3 Å². The highest BCUT2D eigenvalue weighted by Crippen LogP contribution is 2.38. The second-order valence-electron chi connectivity index (χ2n) is 7.11. The third-order valence-corrected chi connectivity index (χ3v) is 6.79. The first-order chi connectivity index (χ1) is 13.8. The number of hydrazone groups is 1. The number of nitrogens with zero attached hydrogens (tertiary/aromatic N) is 3. The van der Waals surface area contributed by atoms with Gasteiger partial charge in [0.2, 0.25) is 10.0 Å². The van der Waals surface area contributed by atoms with Crippen LogP contribution in [0.15, 0.2) is 76.0 Å². The zero-order chi connectivity index (χ0) is 20.6. The van der Waals surface area contributed by atoms with Gasteiger partial charge in [0.25, 0.3) is 0 Å². The Balaban J connectivity index is 1.71. The van der Waals surface area contributed by atoms with Crippen molar-refractivity contribution < 1.29 is 8.42 Å². The Bertz CT molecular complexity index is 1120. The van der Waals surface area contributed by atoms with E-state index in [4.69, 9.17) is 10.2 Å². The highest BCUT2D eigenvalue weighted by Gasteiger charge is 2.30. The van der Waals surface area contributed by atoms with Crippen molar-refractivity contribution in [1.82, 2.24) is 0 Å². The summed E-state index contributed by atoms with van der Waals surface area (Å²) in [4.78, 5) is 3.30. The van der Waals surface area contributed by atoms with E-state index in [0.29, 0.717) is 0 Å². The number of hydrogen-bond donors (Lipinski definition) is 1. The van der Waals surface area contributed by atoms with E-state index < -0.39 is 10.0 Å². The molecule has 0 saturated carbocycles. The summed E-state index contributed by atoms with van der Waals surface area (Å²) in [5.41, 5.74) is 4.14. The summed E-state index contributed by atoms with van der Waals surface area (Å²) in [6, 6.07) is 19.1. The van der Waals surface area contributed by atoms with Crippen LogP contribution in [0.4, 0.5) is 11.4 Å². The van der Waals surface area contributed by atoms with Gasteiger partial charge in [0.05, 0.1) is 27.2 Å². The van der Waals surface area contributed by atoms with Gasteiger partial charge in [-0.05, 0) is 53.4 Å². The quantitative estimate of drug-likeness (QED) is 0.673. The fourth-order valence-corrected chi connectivity index (χ4v) is 4.62. The molecular formula is C21H22N4O2S2. The average Bonchev–Trinajstić information content (AvgIpc) is 3.37. The summed E-state index contributed by atoms with van der Waals surface area (Å²) >= 11 is 1.67. The Hall–Kier alpha value is -2.68. The standard InChI is InChI=1S/C21H22N4O2S2/c1-24(2)16-7-5-15(6-8-16)20-14-19(21-4-3-13-28-21)23-25(20)17-9-11-18(12-10-17)29(22,26)27/h3-13,20H,14H2,1-2H3,(H2,22,26,27). The van der Waals surface area contributed by atoms with Crippen molar-refractivity contribution >= 4 is 38.4 Å². The molecule has 0 spiro atoms. The summed E-state index contributed by atoms with van der Waals surface area (Å²) in [5, 5.41) is 14.1. The Morgan fingerprint density at radius 2 is 1.76 bits per heavy atom. The summed E-state index contributed by atoms with van der Waals surface area (Å²) in [7, 11) is 0.306. The lowest BCUT2D eigenvalue weighted by Gasteiger charge is -2.24. The first-order valence-corrected chi connectivity index (χ1v) is 11.6. The Labute approximate surface area is 174 Å². The summed E-state index contributed by atoms with van der Waals surface area (Å²) < 4.78 is 23.2. The van der Waals surface area contributed by atoms with E-state index in [-0.39, 0.29) is 10.9 Å². The van der Waals surface area contributed by atoms with Crippen molar-refractivity contribution in [1.29, 1.82) is 0 Å². The maximum Gasteiger partial charge on any atom is 0.238 e.